The third-order valence-electron chi connectivity index (χ3n) is 0.160. The van der Waals surface area contributed by atoms with Crippen LogP contribution in [-0.2, 0) is 0 Å². The molecule has 0 aromatic rings. The number of halogens is 1. The van der Waals surface area contributed by atoms with Crippen molar-refractivity contribution in [2.75, 3.05) is 6.26 Å². The summed E-state index contributed by atoms with van der Waals surface area (Å²) in [7, 11) is 0. The first kappa shape index (κ1) is 5.73. The van der Waals surface area contributed by atoms with Gasteiger partial charge in [0.1, 0.15) is 3.66 Å². The van der Waals surface area contributed by atoms with Crippen molar-refractivity contribution in [1.29, 1.82) is 0 Å². The van der Waals surface area contributed by atoms with Crippen molar-refractivity contribution in [1.82, 2.24) is 0 Å². The molecule has 0 nitrogen and oxygen atoms in total. The Morgan fingerprint density at radius 1 is 2.00 bits per heavy atom. The molecule has 0 saturated carbocycles. The molecular weight excluding hydrogens is 124 g/mol. The Hall–Kier alpha value is 0.730. The molecule has 0 saturated heterocycles. The second-order valence-electron chi connectivity index (χ2n) is 0.442. The molecule has 0 spiro atoms. The molecule has 0 atom stereocenters. The summed E-state index contributed by atoms with van der Waals surface area (Å²) in [6, 6.07) is 0. The largest absolute Gasteiger partial charge is 0.136 e. The summed E-state index contributed by atoms with van der Waals surface area (Å²) in [4.78, 5) is 0. The van der Waals surface area contributed by atoms with Gasteiger partial charge in [0.2, 0.25) is 0 Å². The summed E-state index contributed by atoms with van der Waals surface area (Å²) in [6.45, 7) is 0. The fourth-order valence-electron chi connectivity index (χ4n) is 0. The minimum atomic E-state index is 0.477. The molecule has 0 rings (SSSR count). The first-order chi connectivity index (χ1) is 2.27. The molecule has 0 aliphatic heterocycles. The van der Waals surface area contributed by atoms with Crippen LogP contribution in [0.15, 0.2) is 0 Å². The molecule has 0 aliphatic rings. The molecule has 0 aromatic heterocycles. The van der Waals surface area contributed by atoms with Gasteiger partial charge >= 0.3 is 0 Å². The van der Waals surface area contributed by atoms with Crippen molar-refractivity contribution >= 4 is 39.2 Å². The Morgan fingerprint density at radius 2 is 2.20 bits per heavy atom. The van der Waals surface area contributed by atoms with E-state index in [-0.39, 0.29) is 0 Å². The molecule has 0 fully saturated rings. The second kappa shape index (κ2) is 2.94. The summed E-state index contributed by atoms with van der Waals surface area (Å²) in [5, 5.41) is 0. The van der Waals surface area contributed by atoms with E-state index in [1.807, 2.05) is 6.26 Å². The van der Waals surface area contributed by atoms with Gasteiger partial charge in [-0.2, -0.15) is 0 Å². The van der Waals surface area contributed by atoms with Crippen LogP contribution in [0.4, 0.5) is 0 Å². The van der Waals surface area contributed by atoms with E-state index in [0.29, 0.717) is 3.66 Å². The van der Waals surface area contributed by atoms with Crippen molar-refractivity contribution in [3.63, 3.8) is 0 Å². The molecule has 0 aromatic carbocycles. The zero-order valence-electron chi connectivity index (χ0n) is 2.69. The molecule has 0 amide bonds. The van der Waals surface area contributed by atoms with Crippen LogP contribution in [0.1, 0.15) is 0 Å². The molecular formula is C2H3ClS2. The smallest absolute Gasteiger partial charge is 0.106 e. The van der Waals surface area contributed by atoms with Crippen molar-refractivity contribution < 1.29 is 0 Å². The van der Waals surface area contributed by atoms with Gasteiger partial charge in [-0.1, -0.05) is 23.8 Å². The van der Waals surface area contributed by atoms with Crippen molar-refractivity contribution in [3.8, 4) is 0 Å². The van der Waals surface area contributed by atoms with Gasteiger partial charge in [0.05, 0.1) is 0 Å². The molecule has 3 heteroatoms. The van der Waals surface area contributed by atoms with Crippen LogP contribution >= 0.6 is 35.6 Å². The van der Waals surface area contributed by atoms with Crippen LogP contribution in [0.2, 0.25) is 0 Å². The Kier molecular flexibility index (Phi) is 3.37. The highest BCUT2D eigenvalue weighted by atomic mass is 35.5. The highest BCUT2D eigenvalue weighted by Crippen LogP contribution is 1.99. The number of hydrogen-bond acceptors (Lipinski definition) is 2. The Morgan fingerprint density at radius 3 is 2.20 bits per heavy atom. The SMILES string of the molecule is CSC(=S)Cl. The van der Waals surface area contributed by atoms with Crippen LogP contribution in [0, 0.1) is 0 Å². The fourth-order valence-corrected chi connectivity index (χ4v) is 0. The number of thioether (sulfide) groups is 1. The van der Waals surface area contributed by atoms with Gasteiger partial charge in [0, 0.05) is 0 Å². The second-order valence-corrected chi connectivity index (χ2v) is 2.75. The van der Waals surface area contributed by atoms with Crippen LogP contribution in [-0.4, -0.2) is 9.91 Å². The zero-order chi connectivity index (χ0) is 4.28. The van der Waals surface area contributed by atoms with Crippen LogP contribution < -0.4 is 0 Å². The first-order valence-electron chi connectivity index (χ1n) is 1.01. The maximum Gasteiger partial charge on any atom is 0.136 e. The Balaban J connectivity index is 2.85. The normalized spacial score (nSPS) is 7.60. The minimum Gasteiger partial charge on any atom is -0.106 e. The molecule has 5 heavy (non-hydrogen) atoms. The third kappa shape index (κ3) is 4.73. The van der Waals surface area contributed by atoms with E-state index in [4.69, 9.17) is 11.6 Å². The number of thiocarbonyl (C=S) groups is 1. The summed E-state index contributed by atoms with van der Waals surface area (Å²) in [6.07, 6.45) is 1.84. The van der Waals surface area contributed by atoms with E-state index in [1.165, 1.54) is 11.8 Å². The van der Waals surface area contributed by atoms with Crippen molar-refractivity contribution in [2.45, 2.75) is 0 Å². The van der Waals surface area contributed by atoms with E-state index in [9.17, 15) is 0 Å². The number of hydrogen-bond donors (Lipinski definition) is 0. The lowest BCUT2D eigenvalue weighted by atomic mass is 11.9. The summed E-state index contributed by atoms with van der Waals surface area (Å²) in [5.41, 5.74) is 0. The lowest BCUT2D eigenvalue weighted by Gasteiger charge is -1.73. The van der Waals surface area contributed by atoms with E-state index in [2.05, 4.69) is 12.2 Å². The third-order valence-corrected chi connectivity index (χ3v) is 1.44. The predicted molar refractivity (Wildman–Crippen MR) is 32.0 cm³/mol. The highest BCUT2D eigenvalue weighted by molar-refractivity contribution is 8.26. The van der Waals surface area contributed by atoms with Crippen LogP contribution in [0.25, 0.3) is 0 Å². The molecule has 30 valence electrons. The van der Waals surface area contributed by atoms with Crippen LogP contribution in [0.5, 0.6) is 0 Å². The molecule has 0 aliphatic carbocycles. The highest BCUT2D eigenvalue weighted by Gasteiger charge is 1.75. The maximum absolute atomic E-state index is 5.16. The van der Waals surface area contributed by atoms with E-state index >= 15 is 0 Å². The predicted octanol–water partition coefficient (Wildman–Crippen LogP) is 1.87. The Labute approximate surface area is 45.9 Å². The van der Waals surface area contributed by atoms with Gasteiger partial charge in [-0.3, -0.25) is 0 Å². The minimum absolute atomic E-state index is 0.477. The van der Waals surface area contributed by atoms with E-state index in [1.54, 1.807) is 0 Å². The molecule has 0 radical (unpaired) electrons. The zero-order valence-corrected chi connectivity index (χ0v) is 5.08. The summed E-state index contributed by atoms with van der Waals surface area (Å²) < 4.78 is 0.477. The van der Waals surface area contributed by atoms with Gasteiger partial charge in [0.25, 0.3) is 0 Å². The monoisotopic (exact) mass is 126 g/mol. The number of rotatable bonds is 0. The fraction of sp³-hybridized carbons (Fsp3) is 0.500. The lowest BCUT2D eigenvalue weighted by molar-refractivity contribution is 2.53. The quantitative estimate of drug-likeness (QED) is 0.359. The van der Waals surface area contributed by atoms with Crippen LogP contribution in [0.3, 0.4) is 0 Å². The van der Waals surface area contributed by atoms with Gasteiger partial charge in [-0.05, 0) is 6.26 Å². The molecule has 0 heterocycles. The van der Waals surface area contributed by atoms with Gasteiger partial charge in [0.15, 0.2) is 0 Å². The van der Waals surface area contributed by atoms with Crippen molar-refractivity contribution in [2.24, 2.45) is 0 Å². The lowest BCUT2D eigenvalue weighted by Crippen LogP contribution is -1.59. The standard InChI is InChI=1S/C2H3ClS2/c1-5-2(3)4/h1H3. The molecule has 0 bridgehead atoms. The Bertz CT molecular complexity index is 42.9. The molecule has 0 unspecified atom stereocenters. The first-order valence-corrected chi connectivity index (χ1v) is 3.02. The molecule has 0 N–H and O–H groups in total. The average molecular weight is 127 g/mol. The van der Waals surface area contributed by atoms with Gasteiger partial charge in [-0.15, -0.1) is 11.8 Å². The van der Waals surface area contributed by atoms with E-state index in [0.717, 1.165) is 0 Å². The average Bonchev–Trinajstić information content (AvgIpc) is 1.38. The van der Waals surface area contributed by atoms with Gasteiger partial charge in [-0.25, -0.2) is 0 Å². The van der Waals surface area contributed by atoms with Crippen molar-refractivity contribution in [3.05, 3.63) is 0 Å². The summed E-state index contributed by atoms with van der Waals surface area (Å²) >= 11 is 11.0. The van der Waals surface area contributed by atoms with E-state index < -0.39 is 0 Å². The topological polar surface area (TPSA) is 0 Å². The van der Waals surface area contributed by atoms with Gasteiger partial charge < -0.3 is 0 Å². The summed E-state index contributed by atoms with van der Waals surface area (Å²) in [5.74, 6) is 0. The maximum atomic E-state index is 5.16.